The van der Waals surface area contributed by atoms with E-state index in [1.807, 2.05) is 22.0 Å². The average Bonchev–Trinajstić information content (AvgIpc) is 2.72. The molecule has 0 atom stereocenters. The normalized spacial score (nSPS) is 15.2. The van der Waals surface area contributed by atoms with E-state index in [-0.39, 0.29) is 6.03 Å². The molecule has 2 amide bonds. The molecule has 1 rings (SSSR count). The molecule has 0 unspecified atom stereocenters. The Kier molecular flexibility index (Phi) is 7.23. The van der Waals surface area contributed by atoms with Crippen molar-refractivity contribution in [2.24, 2.45) is 0 Å². The van der Waals surface area contributed by atoms with Crippen molar-refractivity contribution in [3.05, 3.63) is 25.3 Å². The van der Waals surface area contributed by atoms with Gasteiger partial charge in [0.25, 0.3) is 0 Å². The standard InChI is InChI=1S/C15H26N2O/c1-3-5-7-9-11-16-13-14-17(15(16)18)12-10-8-6-4-2/h3-4H,1-2,5-14H2. The summed E-state index contributed by atoms with van der Waals surface area (Å²) < 4.78 is 0. The van der Waals surface area contributed by atoms with Gasteiger partial charge in [0.1, 0.15) is 0 Å². The van der Waals surface area contributed by atoms with Crippen LogP contribution in [0.3, 0.4) is 0 Å². The Morgan fingerprint density at radius 2 is 1.33 bits per heavy atom. The summed E-state index contributed by atoms with van der Waals surface area (Å²) in [6, 6.07) is 0.229. The van der Waals surface area contributed by atoms with Crippen LogP contribution in [0.25, 0.3) is 0 Å². The van der Waals surface area contributed by atoms with Crippen molar-refractivity contribution in [3.63, 3.8) is 0 Å². The largest absolute Gasteiger partial charge is 0.323 e. The molecule has 1 heterocycles. The fraction of sp³-hybridized carbons (Fsp3) is 0.667. The molecule has 0 radical (unpaired) electrons. The van der Waals surface area contributed by atoms with Crippen LogP contribution < -0.4 is 0 Å². The van der Waals surface area contributed by atoms with Crippen LogP contribution in [0.15, 0.2) is 25.3 Å². The van der Waals surface area contributed by atoms with Crippen molar-refractivity contribution < 1.29 is 4.79 Å². The van der Waals surface area contributed by atoms with Gasteiger partial charge in [-0.05, 0) is 38.5 Å². The predicted octanol–water partition coefficient (Wildman–Crippen LogP) is 3.44. The average molecular weight is 250 g/mol. The van der Waals surface area contributed by atoms with E-state index in [1.165, 1.54) is 0 Å². The van der Waals surface area contributed by atoms with Gasteiger partial charge in [0, 0.05) is 26.2 Å². The molecule has 1 aliphatic heterocycles. The fourth-order valence-electron chi connectivity index (χ4n) is 2.23. The molecule has 3 nitrogen and oxygen atoms in total. The maximum Gasteiger partial charge on any atom is 0.320 e. The number of carbonyl (C=O) groups excluding carboxylic acids is 1. The summed E-state index contributed by atoms with van der Waals surface area (Å²) in [6.07, 6.45) is 10.4. The monoisotopic (exact) mass is 250 g/mol. The van der Waals surface area contributed by atoms with Crippen molar-refractivity contribution in [3.8, 4) is 0 Å². The minimum Gasteiger partial charge on any atom is -0.323 e. The topological polar surface area (TPSA) is 23.6 Å². The zero-order valence-electron chi connectivity index (χ0n) is 11.4. The van der Waals surface area contributed by atoms with E-state index >= 15 is 0 Å². The van der Waals surface area contributed by atoms with Crippen LogP contribution in [-0.2, 0) is 0 Å². The molecule has 0 N–H and O–H groups in total. The van der Waals surface area contributed by atoms with Gasteiger partial charge in [-0.25, -0.2) is 4.79 Å². The second-order valence-corrected chi connectivity index (χ2v) is 4.83. The first-order chi connectivity index (χ1) is 8.79. The molecule has 1 fully saturated rings. The number of hydrogen-bond donors (Lipinski definition) is 0. The van der Waals surface area contributed by atoms with E-state index in [2.05, 4.69) is 13.2 Å². The molecule has 1 saturated heterocycles. The summed E-state index contributed by atoms with van der Waals surface area (Å²) in [5, 5.41) is 0. The van der Waals surface area contributed by atoms with Crippen LogP contribution in [0.2, 0.25) is 0 Å². The third-order valence-corrected chi connectivity index (χ3v) is 3.35. The van der Waals surface area contributed by atoms with Crippen LogP contribution in [0, 0.1) is 0 Å². The Morgan fingerprint density at radius 3 is 1.72 bits per heavy atom. The number of hydrogen-bond acceptors (Lipinski definition) is 1. The Bertz CT molecular complexity index is 250. The van der Waals surface area contributed by atoms with E-state index < -0.39 is 0 Å². The Labute approximate surface area is 111 Å². The highest BCUT2D eigenvalue weighted by Gasteiger charge is 2.26. The van der Waals surface area contributed by atoms with E-state index in [0.717, 1.165) is 64.7 Å². The van der Waals surface area contributed by atoms with Gasteiger partial charge in [0.15, 0.2) is 0 Å². The summed E-state index contributed by atoms with van der Waals surface area (Å²) >= 11 is 0. The first kappa shape index (κ1) is 14.8. The quantitative estimate of drug-likeness (QED) is 0.430. The molecule has 0 bridgehead atoms. The lowest BCUT2D eigenvalue weighted by Gasteiger charge is -2.18. The maximum atomic E-state index is 12.0. The Balaban J connectivity index is 2.15. The van der Waals surface area contributed by atoms with Crippen LogP contribution >= 0.6 is 0 Å². The number of unbranched alkanes of at least 4 members (excludes halogenated alkanes) is 4. The summed E-state index contributed by atoms with van der Waals surface area (Å²) in [4.78, 5) is 16.0. The van der Waals surface area contributed by atoms with Gasteiger partial charge in [-0.3, -0.25) is 0 Å². The zero-order chi connectivity index (χ0) is 13.2. The number of nitrogens with zero attached hydrogens (tertiary/aromatic N) is 2. The SMILES string of the molecule is C=CCCCCN1CCN(CCCCC=C)C1=O. The predicted molar refractivity (Wildman–Crippen MR) is 76.6 cm³/mol. The number of amides is 2. The molecule has 102 valence electrons. The van der Waals surface area contributed by atoms with Crippen molar-refractivity contribution >= 4 is 6.03 Å². The van der Waals surface area contributed by atoms with Gasteiger partial charge < -0.3 is 9.80 Å². The molecule has 3 heteroatoms. The molecule has 0 saturated carbocycles. The van der Waals surface area contributed by atoms with Gasteiger partial charge in [-0.15, -0.1) is 13.2 Å². The van der Waals surface area contributed by atoms with Crippen LogP contribution in [0.4, 0.5) is 4.79 Å². The molecule has 0 aromatic heterocycles. The third kappa shape index (κ3) is 4.94. The van der Waals surface area contributed by atoms with E-state index in [9.17, 15) is 4.79 Å². The lowest BCUT2D eigenvalue weighted by atomic mass is 10.2. The molecule has 1 aliphatic rings. The van der Waals surface area contributed by atoms with Crippen LogP contribution in [0.5, 0.6) is 0 Å². The molecule has 0 aliphatic carbocycles. The molecule has 0 spiro atoms. The molecule has 0 aromatic rings. The summed E-state index contributed by atoms with van der Waals surface area (Å²) in [5.74, 6) is 0. The van der Waals surface area contributed by atoms with Gasteiger partial charge in [0.05, 0.1) is 0 Å². The van der Waals surface area contributed by atoms with E-state index in [1.54, 1.807) is 0 Å². The summed E-state index contributed by atoms with van der Waals surface area (Å²) in [7, 11) is 0. The van der Waals surface area contributed by atoms with E-state index in [0.29, 0.717) is 0 Å². The zero-order valence-corrected chi connectivity index (χ0v) is 11.4. The van der Waals surface area contributed by atoms with Crippen LogP contribution in [0.1, 0.15) is 38.5 Å². The number of rotatable bonds is 10. The lowest BCUT2D eigenvalue weighted by molar-refractivity contribution is 0.191. The van der Waals surface area contributed by atoms with Gasteiger partial charge in [0.2, 0.25) is 0 Å². The highest BCUT2D eigenvalue weighted by Crippen LogP contribution is 2.12. The van der Waals surface area contributed by atoms with Crippen molar-refractivity contribution in [1.82, 2.24) is 9.80 Å². The summed E-state index contributed by atoms with van der Waals surface area (Å²) in [5.41, 5.74) is 0. The first-order valence-electron chi connectivity index (χ1n) is 7.05. The lowest BCUT2D eigenvalue weighted by Crippen LogP contribution is -2.33. The number of allylic oxidation sites excluding steroid dienone is 2. The second kappa shape index (κ2) is 8.78. The van der Waals surface area contributed by atoms with Crippen molar-refractivity contribution in [1.29, 1.82) is 0 Å². The number of carbonyl (C=O) groups is 1. The second-order valence-electron chi connectivity index (χ2n) is 4.83. The van der Waals surface area contributed by atoms with Gasteiger partial charge >= 0.3 is 6.03 Å². The minimum absolute atomic E-state index is 0.229. The molecular formula is C15H26N2O. The first-order valence-corrected chi connectivity index (χ1v) is 7.05. The van der Waals surface area contributed by atoms with Crippen molar-refractivity contribution in [2.45, 2.75) is 38.5 Å². The van der Waals surface area contributed by atoms with Crippen LogP contribution in [-0.4, -0.2) is 42.0 Å². The highest BCUT2D eigenvalue weighted by atomic mass is 16.2. The maximum absolute atomic E-state index is 12.0. The van der Waals surface area contributed by atoms with Gasteiger partial charge in [-0.1, -0.05) is 12.2 Å². The Hall–Kier alpha value is -1.25. The highest BCUT2D eigenvalue weighted by molar-refractivity contribution is 5.76. The molecular weight excluding hydrogens is 224 g/mol. The third-order valence-electron chi connectivity index (χ3n) is 3.35. The Morgan fingerprint density at radius 1 is 0.889 bits per heavy atom. The van der Waals surface area contributed by atoms with Crippen molar-refractivity contribution in [2.75, 3.05) is 26.2 Å². The minimum atomic E-state index is 0.229. The smallest absolute Gasteiger partial charge is 0.320 e. The fourth-order valence-corrected chi connectivity index (χ4v) is 2.23. The summed E-state index contributed by atoms with van der Waals surface area (Å²) in [6.45, 7) is 11.0. The van der Waals surface area contributed by atoms with E-state index in [4.69, 9.17) is 0 Å². The molecule has 18 heavy (non-hydrogen) atoms. The number of urea groups is 1. The van der Waals surface area contributed by atoms with Gasteiger partial charge in [-0.2, -0.15) is 0 Å². The molecule has 0 aromatic carbocycles.